The summed E-state index contributed by atoms with van der Waals surface area (Å²) in [6, 6.07) is 11.1. The van der Waals surface area contributed by atoms with Crippen LogP contribution in [0.15, 0.2) is 45.7 Å². The van der Waals surface area contributed by atoms with Gasteiger partial charge in [-0.3, -0.25) is 13.9 Å². The summed E-state index contributed by atoms with van der Waals surface area (Å²) in [6.45, 7) is 8.49. The largest absolute Gasteiger partial charge is 0.455 e. The van der Waals surface area contributed by atoms with Crippen molar-refractivity contribution >= 4 is 16.7 Å². The molecule has 26 heavy (non-hydrogen) atoms. The summed E-state index contributed by atoms with van der Waals surface area (Å²) in [4.78, 5) is 17.6. The van der Waals surface area contributed by atoms with Gasteiger partial charge in [-0.05, 0) is 49.7 Å². The number of hydrogen-bond acceptors (Lipinski definition) is 4. The second-order valence-corrected chi connectivity index (χ2v) is 8.16. The van der Waals surface area contributed by atoms with Gasteiger partial charge in [0, 0.05) is 31.1 Å². The van der Waals surface area contributed by atoms with Crippen LogP contribution < -0.4 is 0 Å². The van der Waals surface area contributed by atoms with Crippen molar-refractivity contribution in [3.05, 3.63) is 53.5 Å². The highest BCUT2D eigenvalue weighted by atomic mass is 32.2. The Bertz CT molecular complexity index is 779. The van der Waals surface area contributed by atoms with E-state index in [1.807, 2.05) is 36.1 Å². The van der Waals surface area contributed by atoms with Crippen molar-refractivity contribution in [2.75, 3.05) is 32.7 Å². The van der Waals surface area contributed by atoms with Crippen LogP contribution in [0.1, 0.15) is 35.2 Å². The molecule has 5 nitrogen and oxygen atoms in total. The second-order valence-electron chi connectivity index (χ2n) is 6.71. The van der Waals surface area contributed by atoms with Crippen molar-refractivity contribution in [2.24, 2.45) is 0 Å². The number of amides is 1. The maximum Gasteiger partial charge on any atom is 0.289 e. The predicted molar refractivity (Wildman–Crippen MR) is 103 cm³/mol. The molecule has 1 amide bonds. The molecule has 3 rings (SSSR count). The lowest BCUT2D eigenvalue weighted by molar-refractivity contribution is 0.0605. The minimum atomic E-state index is -1.18. The number of piperazine rings is 1. The van der Waals surface area contributed by atoms with Gasteiger partial charge in [0.15, 0.2) is 5.76 Å². The molecule has 2 aromatic rings. The lowest BCUT2D eigenvalue weighted by Gasteiger charge is -2.34. The minimum Gasteiger partial charge on any atom is -0.455 e. The SMILES string of the molecule is CCCN1CCN(C(=O)c2ccc(CS(=O)c3cccc(C)c3)o2)CC1. The van der Waals surface area contributed by atoms with E-state index >= 15 is 0 Å². The molecule has 2 heterocycles. The topological polar surface area (TPSA) is 53.8 Å². The number of carbonyl (C=O) groups is 1. The number of aryl methyl sites for hydroxylation is 1. The van der Waals surface area contributed by atoms with E-state index < -0.39 is 10.8 Å². The van der Waals surface area contributed by atoms with Gasteiger partial charge in [0.2, 0.25) is 0 Å². The molecule has 0 saturated carbocycles. The normalized spacial score (nSPS) is 16.6. The molecule has 1 aromatic heterocycles. The van der Waals surface area contributed by atoms with E-state index in [0.29, 0.717) is 11.5 Å². The Kier molecular flexibility index (Phi) is 6.27. The zero-order valence-electron chi connectivity index (χ0n) is 15.4. The molecule has 6 heteroatoms. The quantitative estimate of drug-likeness (QED) is 0.780. The Morgan fingerprint density at radius 2 is 1.92 bits per heavy atom. The first kappa shape index (κ1) is 18.9. The molecule has 140 valence electrons. The monoisotopic (exact) mass is 374 g/mol. The van der Waals surface area contributed by atoms with Crippen molar-refractivity contribution in [3.63, 3.8) is 0 Å². The Hall–Kier alpha value is -1.92. The van der Waals surface area contributed by atoms with E-state index in [-0.39, 0.29) is 11.7 Å². The van der Waals surface area contributed by atoms with Crippen LogP contribution in [0.25, 0.3) is 0 Å². The Balaban J connectivity index is 1.59. The first-order chi connectivity index (χ1) is 12.6. The molecule has 1 atom stereocenters. The molecular weight excluding hydrogens is 348 g/mol. The summed E-state index contributed by atoms with van der Waals surface area (Å²) in [6.07, 6.45) is 1.13. The van der Waals surface area contributed by atoms with Crippen molar-refractivity contribution < 1.29 is 13.4 Å². The van der Waals surface area contributed by atoms with Gasteiger partial charge in [0.1, 0.15) is 5.76 Å². The van der Waals surface area contributed by atoms with Crippen LogP contribution in [-0.2, 0) is 16.6 Å². The second kappa shape index (κ2) is 8.64. The van der Waals surface area contributed by atoms with Gasteiger partial charge in [0.05, 0.1) is 16.6 Å². The smallest absolute Gasteiger partial charge is 0.289 e. The third-order valence-corrected chi connectivity index (χ3v) is 5.92. The zero-order valence-corrected chi connectivity index (χ0v) is 16.3. The first-order valence-electron chi connectivity index (χ1n) is 9.12. The average Bonchev–Trinajstić information content (AvgIpc) is 3.10. The molecule has 1 saturated heterocycles. The van der Waals surface area contributed by atoms with Gasteiger partial charge in [-0.25, -0.2) is 0 Å². The van der Waals surface area contributed by atoms with E-state index in [1.165, 1.54) is 0 Å². The van der Waals surface area contributed by atoms with Crippen LogP contribution in [0, 0.1) is 6.92 Å². The van der Waals surface area contributed by atoms with Crippen LogP contribution >= 0.6 is 0 Å². The van der Waals surface area contributed by atoms with Crippen LogP contribution in [0.4, 0.5) is 0 Å². The Labute approximate surface area is 157 Å². The van der Waals surface area contributed by atoms with Crippen molar-refractivity contribution in [2.45, 2.75) is 30.9 Å². The fourth-order valence-electron chi connectivity index (χ4n) is 3.19. The van der Waals surface area contributed by atoms with Crippen LogP contribution in [-0.4, -0.2) is 52.6 Å². The van der Waals surface area contributed by atoms with Crippen molar-refractivity contribution in [3.8, 4) is 0 Å². The Morgan fingerprint density at radius 1 is 1.15 bits per heavy atom. The number of nitrogens with zero attached hydrogens (tertiary/aromatic N) is 2. The highest BCUT2D eigenvalue weighted by Gasteiger charge is 2.24. The van der Waals surface area contributed by atoms with E-state index in [4.69, 9.17) is 4.42 Å². The summed E-state index contributed by atoms with van der Waals surface area (Å²) >= 11 is 0. The molecule has 1 fully saturated rings. The maximum absolute atomic E-state index is 12.6. The molecule has 0 radical (unpaired) electrons. The number of benzene rings is 1. The molecular formula is C20H26N2O3S. The van der Waals surface area contributed by atoms with Crippen LogP contribution in [0.3, 0.4) is 0 Å². The molecule has 1 aliphatic heterocycles. The van der Waals surface area contributed by atoms with Crippen molar-refractivity contribution in [1.82, 2.24) is 9.80 Å². The standard InChI is InChI=1S/C20H26N2O3S/c1-3-9-21-10-12-22(13-11-21)20(23)19-8-7-17(25-19)15-26(24)18-6-4-5-16(2)14-18/h4-8,14H,3,9-13,15H2,1-2H3. The first-order valence-corrected chi connectivity index (χ1v) is 10.4. The van der Waals surface area contributed by atoms with E-state index in [0.717, 1.165) is 49.6 Å². The third-order valence-electron chi connectivity index (χ3n) is 4.60. The molecule has 1 aliphatic rings. The number of furan rings is 1. The van der Waals surface area contributed by atoms with Gasteiger partial charge < -0.3 is 9.32 Å². The van der Waals surface area contributed by atoms with Gasteiger partial charge in [-0.15, -0.1) is 0 Å². The minimum absolute atomic E-state index is 0.0752. The van der Waals surface area contributed by atoms with Gasteiger partial charge >= 0.3 is 0 Å². The summed E-state index contributed by atoms with van der Waals surface area (Å²) in [5.74, 6) is 1.12. The highest BCUT2D eigenvalue weighted by molar-refractivity contribution is 7.84. The Morgan fingerprint density at radius 3 is 2.62 bits per heavy atom. The lowest BCUT2D eigenvalue weighted by Crippen LogP contribution is -2.48. The summed E-state index contributed by atoms with van der Waals surface area (Å²) in [7, 11) is -1.18. The zero-order chi connectivity index (χ0) is 18.5. The van der Waals surface area contributed by atoms with E-state index in [9.17, 15) is 9.00 Å². The summed E-state index contributed by atoms with van der Waals surface area (Å²) < 4.78 is 18.2. The molecule has 0 aliphatic carbocycles. The fourth-order valence-corrected chi connectivity index (χ4v) is 4.31. The van der Waals surface area contributed by atoms with Gasteiger partial charge in [0.25, 0.3) is 5.91 Å². The molecule has 0 spiro atoms. The molecule has 1 unspecified atom stereocenters. The highest BCUT2D eigenvalue weighted by Crippen LogP contribution is 2.18. The number of carbonyl (C=O) groups excluding carboxylic acids is 1. The molecule has 0 N–H and O–H groups in total. The van der Waals surface area contributed by atoms with E-state index in [1.54, 1.807) is 12.1 Å². The maximum atomic E-state index is 12.6. The predicted octanol–water partition coefficient (Wildman–Crippen LogP) is 3.06. The lowest BCUT2D eigenvalue weighted by atomic mass is 10.2. The number of hydrogen-bond donors (Lipinski definition) is 0. The molecule has 0 bridgehead atoms. The number of rotatable bonds is 6. The van der Waals surface area contributed by atoms with Crippen LogP contribution in [0.2, 0.25) is 0 Å². The average molecular weight is 375 g/mol. The summed E-state index contributed by atoms with van der Waals surface area (Å²) in [5.41, 5.74) is 1.08. The van der Waals surface area contributed by atoms with E-state index in [2.05, 4.69) is 11.8 Å². The van der Waals surface area contributed by atoms with Gasteiger partial charge in [-0.2, -0.15) is 0 Å². The van der Waals surface area contributed by atoms with Gasteiger partial charge in [-0.1, -0.05) is 19.1 Å². The third kappa shape index (κ3) is 4.62. The van der Waals surface area contributed by atoms with Crippen LogP contribution in [0.5, 0.6) is 0 Å². The summed E-state index contributed by atoms with van der Waals surface area (Å²) in [5, 5.41) is 0. The molecule has 1 aromatic carbocycles. The fraction of sp³-hybridized carbons (Fsp3) is 0.450. The van der Waals surface area contributed by atoms with Crippen molar-refractivity contribution in [1.29, 1.82) is 0 Å².